The number of nitrogens with one attached hydrogen (secondary N) is 1. The highest BCUT2D eigenvalue weighted by Gasteiger charge is 2.16. The quantitative estimate of drug-likeness (QED) is 0.273. The number of benzene rings is 3. The molecule has 0 aliphatic rings. The third-order valence-corrected chi connectivity index (χ3v) is 6.94. The van der Waals surface area contributed by atoms with E-state index in [1.807, 2.05) is 75.4 Å². The van der Waals surface area contributed by atoms with Crippen molar-refractivity contribution in [2.24, 2.45) is 0 Å². The largest absolute Gasteiger partial charge is 0.325 e. The van der Waals surface area contributed by atoms with Crippen molar-refractivity contribution in [1.29, 1.82) is 0 Å². The number of fused-ring (bicyclic) bond motifs is 1. The highest BCUT2D eigenvalue weighted by Crippen LogP contribution is 2.25. The van der Waals surface area contributed by atoms with Crippen molar-refractivity contribution >= 4 is 50.2 Å². The summed E-state index contributed by atoms with van der Waals surface area (Å²) in [4.78, 5) is 30.7. The fourth-order valence-corrected chi connectivity index (χ4v) is 4.58. The first-order chi connectivity index (χ1) is 15.3. The van der Waals surface area contributed by atoms with Crippen LogP contribution >= 0.6 is 27.7 Å². The Hall–Kier alpha value is -2.90. The molecule has 1 N–H and O–H groups in total. The van der Waals surface area contributed by atoms with Gasteiger partial charge in [-0.15, -0.1) is 0 Å². The summed E-state index contributed by atoms with van der Waals surface area (Å²) in [6, 6.07) is 18.9. The van der Waals surface area contributed by atoms with Crippen molar-refractivity contribution in [2.75, 3.05) is 11.1 Å². The first-order valence-electron chi connectivity index (χ1n) is 10.1. The van der Waals surface area contributed by atoms with Crippen LogP contribution in [0.1, 0.15) is 16.7 Å². The molecule has 1 amide bonds. The Labute approximate surface area is 199 Å². The number of amides is 1. The lowest BCUT2D eigenvalue weighted by molar-refractivity contribution is -0.113. The number of aromatic nitrogens is 2. The number of aryl methyl sites for hydroxylation is 3. The Morgan fingerprint density at radius 3 is 2.56 bits per heavy atom. The van der Waals surface area contributed by atoms with Gasteiger partial charge in [0.05, 0.1) is 22.3 Å². The molecule has 4 aromatic rings. The van der Waals surface area contributed by atoms with E-state index in [2.05, 4.69) is 21.2 Å². The SMILES string of the molecule is Cc1ccc(-n2c(SCC(=O)Nc3ccc(Br)c(C)c3)nc3ccccc3c2=O)c(C)c1. The van der Waals surface area contributed by atoms with Crippen molar-refractivity contribution in [1.82, 2.24) is 9.55 Å². The molecule has 4 rings (SSSR count). The molecule has 0 unspecified atom stereocenters. The van der Waals surface area contributed by atoms with Crippen molar-refractivity contribution in [3.05, 3.63) is 92.2 Å². The first kappa shape index (κ1) is 22.3. The maximum Gasteiger partial charge on any atom is 0.266 e. The lowest BCUT2D eigenvalue weighted by Gasteiger charge is -2.15. The number of thioether (sulfide) groups is 1. The molecule has 0 aliphatic heterocycles. The molecule has 0 bridgehead atoms. The van der Waals surface area contributed by atoms with Crippen LogP contribution in [0, 0.1) is 20.8 Å². The molecule has 0 spiro atoms. The molecule has 0 aliphatic carbocycles. The van der Waals surface area contributed by atoms with Gasteiger partial charge in [0.25, 0.3) is 5.56 Å². The van der Waals surface area contributed by atoms with E-state index in [0.717, 1.165) is 32.5 Å². The Morgan fingerprint density at radius 2 is 1.81 bits per heavy atom. The second-order valence-electron chi connectivity index (χ2n) is 7.64. The number of halogens is 1. The van der Waals surface area contributed by atoms with Gasteiger partial charge in [-0.2, -0.15) is 0 Å². The molecule has 0 saturated heterocycles. The number of hydrogen-bond acceptors (Lipinski definition) is 4. The van der Waals surface area contributed by atoms with Crippen LogP contribution in [0.4, 0.5) is 5.69 Å². The van der Waals surface area contributed by atoms with E-state index in [4.69, 9.17) is 4.98 Å². The lowest BCUT2D eigenvalue weighted by atomic mass is 10.1. The van der Waals surface area contributed by atoms with Gasteiger partial charge in [0.1, 0.15) is 0 Å². The van der Waals surface area contributed by atoms with Gasteiger partial charge in [-0.05, 0) is 68.3 Å². The van der Waals surface area contributed by atoms with Gasteiger partial charge >= 0.3 is 0 Å². The van der Waals surface area contributed by atoms with Crippen LogP contribution < -0.4 is 10.9 Å². The van der Waals surface area contributed by atoms with Crippen molar-refractivity contribution < 1.29 is 4.79 Å². The molecule has 1 aromatic heterocycles. The molecular formula is C25H22BrN3O2S. The summed E-state index contributed by atoms with van der Waals surface area (Å²) in [5.41, 5.74) is 5.10. The number of para-hydroxylation sites is 1. The Kier molecular flexibility index (Phi) is 6.48. The van der Waals surface area contributed by atoms with Crippen LogP contribution in [0.2, 0.25) is 0 Å². The number of carbonyl (C=O) groups is 1. The highest BCUT2D eigenvalue weighted by molar-refractivity contribution is 9.10. The third kappa shape index (κ3) is 4.64. The maximum absolute atomic E-state index is 13.4. The molecule has 0 atom stereocenters. The first-order valence-corrected chi connectivity index (χ1v) is 11.9. The molecule has 0 fully saturated rings. The molecule has 162 valence electrons. The van der Waals surface area contributed by atoms with Gasteiger partial charge in [0.2, 0.25) is 5.91 Å². The lowest BCUT2D eigenvalue weighted by Crippen LogP contribution is -2.23. The minimum Gasteiger partial charge on any atom is -0.325 e. The summed E-state index contributed by atoms with van der Waals surface area (Å²) >= 11 is 4.72. The predicted molar refractivity (Wildman–Crippen MR) is 135 cm³/mol. The van der Waals surface area contributed by atoms with Crippen LogP contribution in [0.25, 0.3) is 16.6 Å². The maximum atomic E-state index is 13.4. The fraction of sp³-hybridized carbons (Fsp3) is 0.160. The van der Waals surface area contributed by atoms with E-state index in [0.29, 0.717) is 16.1 Å². The number of nitrogens with zero attached hydrogens (tertiary/aromatic N) is 2. The summed E-state index contributed by atoms with van der Waals surface area (Å²) in [5, 5.41) is 3.95. The molecule has 1 heterocycles. The van der Waals surface area contributed by atoms with Crippen LogP contribution in [0.5, 0.6) is 0 Å². The number of hydrogen-bond donors (Lipinski definition) is 1. The highest BCUT2D eigenvalue weighted by atomic mass is 79.9. The molecule has 32 heavy (non-hydrogen) atoms. The Bertz CT molecular complexity index is 1400. The second-order valence-corrected chi connectivity index (χ2v) is 9.44. The van der Waals surface area contributed by atoms with Crippen molar-refractivity contribution in [2.45, 2.75) is 25.9 Å². The molecule has 0 saturated carbocycles. The molecular weight excluding hydrogens is 486 g/mol. The summed E-state index contributed by atoms with van der Waals surface area (Å²) in [7, 11) is 0. The molecule has 3 aromatic carbocycles. The average Bonchev–Trinajstić information content (AvgIpc) is 2.76. The summed E-state index contributed by atoms with van der Waals surface area (Å²) in [6.45, 7) is 5.96. The summed E-state index contributed by atoms with van der Waals surface area (Å²) in [6.07, 6.45) is 0. The fourth-order valence-electron chi connectivity index (χ4n) is 3.53. The van der Waals surface area contributed by atoms with Gasteiger partial charge in [0.15, 0.2) is 5.16 Å². The normalized spacial score (nSPS) is 11.0. The van der Waals surface area contributed by atoms with Crippen molar-refractivity contribution in [3.63, 3.8) is 0 Å². The number of carbonyl (C=O) groups excluding carboxylic acids is 1. The van der Waals surface area contributed by atoms with Crippen LogP contribution in [-0.2, 0) is 4.79 Å². The van der Waals surface area contributed by atoms with Gasteiger partial charge in [-0.1, -0.05) is 57.5 Å². The van der Waals surface area contributed by atoms with E-state index in [1.54, 1.807) is 10.6 Å². The van der Waals surface area contributed by atoms with Gasteiger partial charge in [-0.3, -0.25) is 14.2 Å². The summed E-state index contributed by atoms with van der Waals surface area (Å²) < 4.78 is 2.60. The zero-order chi connectivity index (χ0) is 22.8. The van der Waals surface area contributed by atoms with Gasteiger partial charge < -0.3 is 5.32 Å². The monoisotopic (exact) mass is 507 g/mol. The van der Waals surface area contributed by atoms with E-state index < -0.39 is 0 Å². The standard InChI is InChI=1S/C25H22BrN3O2S/c1-15-8-11-22(17(3)12-15)29-24(31)19-6-4-5-7-21(19)28-25(29)32-14-23(30)27-18-9-10-20(26)16(2)13-18/h4-13H,14H2,1-3H3,(H,27,30). The molecule has 5 nitrogen and oxygen atoms in total. The summed E-state index contributed by atoms with van der Waals surface area (Å²) in [5.74, 6) is -0.0311. The molecule has 7 heteroatoms. The van der Waals surface area contributed by atoms with E-state index in [9.17, 15) is 9.59 Å². The third-order valence-electron chi connectivity index (χ3n) is 5.11. The number of rotatable bonds is 5. The van der Waals surface area contributed by atoms with Crippen LogP contribution in [0.3, 0.4) is 0 Å². The average molecular weight is 508 g/mol. The second kappa shape index (κ2) is 9.30. The smallest absolute Gasteiger partial charge is 0.266 e. The molecule has 0 radical (unpaired) electrons. The Morgan fingerprint density at radius 1 is 1.03 bits per heavy atom. The van der Waals surface area contributed by atoms with E-state index in [1.165, 1.54) is 11.8 Å². The van der Waals surface area contributed by atoms with Crippen LogP contribution in [-0.4, -0.2) is 21.2 Å². The number of anilines is 1. The van der Waals surface area contributed by atoms with Crippen LogP contribution in [0.15, 0.2) is 75.1 Å². The Balaban J connectivity index is 1.68. The zero-order valence-electron chi connectivity index (χ0n) is 18.0. The van der Waals surface area contributed by atoms with Crippen molar-refractivity contribution in [3.8, 4) is 5.69 Å². The predicted octanol–water partition coefficient (Wildman–Crippen LogP) is 5.80. The minimum absolute atomic E-state index is 0.130. The van der Waals surface area contributed by atoms with Gasteiger partial charge in [0, 0.05) is 10.2 Å². The van der Waals surface area contributed by atoms with E-state index in [-0.39, 0.29) is 17.2 Å². The van der Waals surface area contributed by atoms with Gasteiger partial charge in [-0.25, -0.2) is 4.98 Å². The topological polar surface area (TPSA) is 64.0 Å². The minimum atomic E-state index is -0.161. The van der Waals surface area contributed by atoms with E-state index >= 15 is 0 Å². The zero-order valence-corrected chi connectivity index (χ0v) is 20.4.